The van der Waals surface area contributed by atoms with Crippen LogP contribution in [0.4, 0.5) is 0 Å². The molecule has 0 atom stereocenters. The van der Waals surface area contributed by atoms with Crippen LogP contribution in [0.3, 0.4) is 0 Å². The fourth-order valence-electron chi connectivity index (χ4n) is 2.64. The summed E-state index contributed by atoms with van der Waals surface area (Å²) in [5.41, 5.74) is 1.40. The second-order valence-electron chi connectivity index (χ2n) is 6.82. The van der Waals surface area contributed by atoms with E-state index < -0.39 is 0 Å². The smallest absolute Gasteiger partial charge is 0.0982 e. The van der Waals surface area contributed by atoms with Crippen LogP contribution in [0, 0.1) is 0 Å². The first kappa shape index (κ1) is 15.0. The number of nitrogens with zero attached hydrogens (tertiary/aromatic N) is 1. The quantitative estimate of drug-likeness (QED) is 0.872. The van der Waals surface area contributed by atoms with Gasteiger partial charge >= 0.3 is 0 Å². The summed E-state index contributed by atoms with van der Waals surface area (Å²) in [4.78, 5) is 4.76. The molecule has 0 aliphatic heterocycles. The van der Waals surface area contributed by atoms with Gasteiger partial charge in [0.2, 0.25) is 0 Å². The second kappa shape index (κ2) is 6.85. The summed E-state index contributed by atoms with van der Waals surface area (Å²) >= 11 is 1.80. The van der Waals surface area contributed by atoms with E-state index in [1.165, 1.54) is 55.6 Å². The summed E-state index contributed by atoms with van der Waals surface area (Å²) < 4.78 is 0. The zero-order valence-electron chi connectivity index (χ0n) is 12.7. The molecule has 1 saturated carbocycles. The molecule has 1 fully saturated rings. The fourth-order valence-corrected chi connectivity index (χ4v) is 3.55. The zero-order valence-corrected chi connectivity index (χ0v) is 13.5. The van der Waals surface area contributed by atoms with Crippen molar-refractivity contribution in [1.29, 1.82) is 0 Å². The van der Waals surface area contributed by atoms with Gasteiger partial charge in [-0.2, -0.15) is 0 Å². The Morgan fingerprint density at radius 1 is 1.16 bits per heavy atom. The third-order valence-electron chi connectivity index (χ3n) is 3.87. The Hall–Kier alpha value is -0.410. The molecule has 1 N–H and O–H groups in total. The molecule has 0 spiro atoms. The lowest BCUT2D eigenvalue weighted by Crippen LogP contribution is -2.29. The Labute approximate surface area is 122 Å². The van der Waals surface area contributed by atoms with Crippen molar-refractivity contribution in [2.75, 3.05) is 0 Å². The van der Waals surface area contributed by atoms with E-state index in [0.29, 0.717) is 6.04 Å². The minimum atomic E-state index is 0.184. The van der Waals surface area contributed by atoms with Crippen LogP contribution >= 0.6 is 11.3 Å². The maximum atomic E-state index is 4.76. The topological polar surface area (TPSA) is 24.9 Å². The maximum Gasteiger partial charge on any atom is 0.0982 e. The van der Waals surface area contributed by atoms with Crippen molar-refractivity contribution in [1.82, 2.24) is 10.3 Å². The molecule has 1 heterocycles. The number of hydrogen-bond donors (Lipinski definition) is 1. The highest BCUT2D eigenvalue weighted by molar-refractivity contribution is 7.09. The van der Waals surface area contributed by atoms with Crippen molar-refractivity contribution < 1.29 is 0 Å². The lowest BCUT2D eigenvalue weighted by atomic mass is 9.97. The summed E-state index contributed by atoms with van der Waals surface area (Å²) in [5.74, 6) is 0. The molecule has 0 bridgehead atoms. The zero-order chi connectivity index (χ0) is 13.7. The van der Waals surface area contributed by atoms with Crippen molar-refractivity contribution in [3.05, 3.63) is 16.1 Å². The molecule has 3 heteroatoms. The summed E-state index contributed by atoms with van der Waals surface area (Å²) in [6, 6.07) is 0.708. The number of nitrogens with one attached hydrogen (secondary N) is 1. The Bertz CT molecular complexity index is 370. The molecule has 108 valence electrons. The Balaban J connectivity index is 1.82. The second-order valence-corrected chi connectivity index (χ2v) is 7.68. The predicted molar refractivity (Wildman–Crippen MR) is 83.8 cm³/mol. The van der Waals surface area contributed by atoms with Gasteiger partial charge < -0.3 is 5.32 Å². The third-order valence-corrected chi connectivity index (χ3v) is 5.19. The molecule has 19 heavy (non-hydrogen) atoms. The van der Waals surface area contributed by atoms with E-state index in [0.717, 1.165) is 6.54 Å². The van der Waals surface area contributed by atoms with Gasteiger partial charge in [-0.3, -0.25) is 0 Å². The highest BCUT2D eigenvalue weighted by Gasteiger charge is 2.18. The first-order chi connectivity index (χ1) is 9.05. The van der Waals surface area contributed by atoms with Crippen LogP contribution in [0.2, 0.25) is 0 Å². The van der Waals surface area contributed by atoms with E-state index in [4.69, 9.17) is 4.98 Å². The summed E-state index contributed by atoms with van der Waals surface area (Å²) in [7, 11) is 0. The molecular formula is C16H28N2S. The van der Waals surface area contributed by atoms with E-state index in [2.05, 4.69) is 31.5 Å². The van der Waals surface area contributed by atoms with Gasteiger partial charge in [0.1, 0.15) is 0 Å². The number of aromatic nitrogens is 1. The Kier molecular flexibility index (Phi) is 5.40. The fraction of sp³-hybridized carbons (Fsp3) is 0.812. The van der Waals surface area contributed by atoms with Crippen LogP contribution < -0.4 is 5.32 Å². The molecule has 0 unspecified atom stereocenters. The van der Waals surface area contributed by atoms with Crippen LogP contribution in [-0.4, -0.2) is 11.0 Å². The first-order valence-corrected chi connectivity index (χ1v) is 8.62. The Morgan fingerprint density at radius 3 is 2.37 bits per heavy atom. The molecule has 1 aliphatic carbocycles. The van der Waals surface area contributed by atoms with Gasteiger partial charge in [-0.1, -0.05) is 52.9 Å². The summed E-state index contributed by atoms with van der Waals surface area (Å²) in [6.07, 6.45) is 9.75. The third kappa shape index (κ3) is 4.88. The largest absolute Gasteiger partial charge is 0.308 e. The summed E-state index contributed by atoms with van der Waals surface area (Å²) in [5, 5.41) is 7.19. The van der Waals surface area contributed by atoms with E-state index >= 15 is 0 Å². The minimum absolute atomic E-state index is 0.184. The molecule has 1 aromatic heterocycles. The number of thiazole rings is 1. The number of rotatable bonds is 3. The van der Waals surface area contributed by atoms with Gasteiger partial charge in [-0.05, 0) is 12.8 Å². The van der Waals surface area contributed by atoms with Gasteiger partial charge in [0.25, 0.3) is 0 Å². The van der Waals surface area contributed by atoms with E-state index in [-0.39, 0.29) is 5.41 Å². The normalized spacial score (nSPS) is 19.1. The van der Waals surface area contributed by atoms with Crippen LogP contribution in [0.15, 0.2) is 5.38 Å². The van der Waals surface area contributed by atoms with Crippen molar-refractivity contribution in [3.8, 4) is 0 Å². The molecule has 1 aromatic rings. The van der Waals surface area contributed by atoms with Gasteiger partial charge in [0.05, 0.1) is 10.7 Å². The molecule has 2 rings (SSSR count). The summed E-state index contributed by atoms with van der Waals surface area (Å²) in [6.45, 7) is 7.64. The molecule has 0 aromatic carbocycles. The lowest BCUT2D eigenvalue weighted by molar-refractivity contribution is 0.387. The predicted octanol–water partition coefficient (Wildman–Crippen LogP) is 4.64. The molecule has 1 aliphatic rings. The maximum absolute atomic E-state index is 4.76. The van der Waals surface area contributed by atoms with Gasteiger partial charge in [0.15, 0.2) is 0 Å². The van der Waals surface area contributed by atoms with Crippen molar-refractivity contribution in [2.24, 2.45) is 0 Å². The minimum Gasteiger partial charge on any atom is -0.308 e. The van der Waals surface area contributed by atoms with Crippen LogP contribution in [-0.2, 0) is 12.0 Å². The molecule has 0 radical (unpaired) electrons. The van der Waals surface area contributed by atoms with Crippen LogP contribution in [0.1, 0.15) is 76.4 Å². The standard InChI is InChI=1S/C16H28N2S/c1-16(2,3)15-18-14(12-19-15)11-17-13-9-7-5-4-6-8-10-13/h12-13,17H,4-11H2,1-3H3. The van der Waals surface area contributed by atoms with E-state index in [1.54, 1.807) is 11.3 Å². The monoisotopic (exact) mass is 280 g/mol. The van der Waals surface area contributed by atoms with Crippen molar-refractivity contribution in [3.63, 3.8) is 0 Å². The average Bonchev–Trinajstić information content (AvgIpc) is 2.76. The van der Waals surface area contributed by atoms with Gasteiger partial charge in [-0.25, -0.2) is 4.98 Å². The van der Waals surface area contributed by atoms with Crippen molar-refractivity contribution >= 4 is 11.3 Å². The molecule has 2 nitrogen and oxygen atoms in total. The first-order valence-electron chi connectivity index (χ1n) is 7.74. The van der Waals surface area contributed by atoms with Crippen LogP contribution in [0.5, 0.6) is 0 Å². The van der Waals surface area contributed by atoms with Crippen molar-refractivity contribution in [2.45, 2.75) is 83.7 Å². The number of hydrogen-bond acceptors (Lipinski definition) is 3. The SMILES string of the molecule is CC(C)(C)c1nc(CNC2CCCCCCC2)cs1. The average molecular weight is 280 g/mol. The Morgan fingerprint density at radius 2 is 1.79 bits per heavy atom. The van der Waals surface area contributed by atoms with Gasteiger partial charge in [0, 0.05) is 23.4 Å². The van der Waals surface area contributed by atoms with Gasteiger partial charge in [-0.15, -0.1) is 11.3 Å². The van der Waals surface area contributed by atoms with Crippen LogP contribution in [0.25, 0.3) is 0 Å². The highest BCUT2D eigenvalue weighted by atomic mass is 32.1. The lowest BCUT2D eigenvalue weighted by Gasteiger charge is -2.20. The molecular weight excluding hydrogens is 252 g/mol. The highest BCUT2D eigenvalue weighted by Crippen LogP contribution is 2.25. The van der Waals surface area contributed by atoms with E-state index in [1.807, 2.05) is 0 Å². The molecule has 0 saturated heterocycles. The van der Waals surface area contributed by atoms with E-state index in [9.17, 15) is 0 Å². The molecule has 0 amide bonds.